The monoisotopic (exact) mass is 269 g/mol. The maximum Gasteiger partial charge on any atom is 0.184 e. The minimum Gasteiger partial charge on any atom is -0.486 e. The number of hydrogen-bond donors (Lipinski definition) is 0. The third-order valence-electron chi connectivity index (χ3n) is 3.84. The number of carbonyl (C=O) groups excluding carboxylic acids is 1. The van der Waals surface area contributed by atoms with Gasteiger partial charge in [0.05, 0.1) is 0 Å². The van der Waals surface area contributed by atoms with Crippen LogP contribution in [-0.2, 0) is 4.79 Å². The largest absolute Gasteiger partial charge is 0.486 e. The average Bonchev–Trinajstić information content (AvgIpc) is 3.32. The van der Waals surface area contributed by atoms with Crippen LogP contribution in [0.4, 0.5) is 0 Å². The van der Waals surface area contributed by atoms with Crippen LogP contribution in [0.25, 0.3) is 0 Å². The van der Waals surface area contributed by atoms with Gasteiger partial charge in [0.2, 0.25) is 0 Å². The number of ketones is 1. The molecule has 2 aliphatic heterocycles. The Morgan fingerprint density at radius 2 is 1.85 bits per heavy atom. The third-order valence-corrected chi connectivity index (χ3v) is 3.84. The highest BCUT2D eigenvalue weighted by atomic mass is 16.6. The topological polar surface area (TPSA) is 47.9 Å². The van der Waals surface area contributed by atoms with Crippen molar-refractivity contribution >= 4 is 11.5 Å². The zero-order valence-corrected chi connectivity index (χ0v) is 11.0. The van der Waals surface area contributed by atoms with Crippen molar-refractivity contribution in [3.63, 3.8) is 0 Å². The molecular formula is C16H15NO3. The fourth-order valence-corrected chi connectivity index (χ4v) is 2.60. The lowest BCUT2D eigenvalue weighted by Gasteiger charge is -2.21. The second kappa shape index (κ2) is 4.47. The summed E-state index contributed by atoms with van der Waals surface area (Å²) in [7, 11) is 0. The molecule has 1 saturated carbocycles. The van der Waals surface area contributed by atoms with Crippen LogP contribution in [0, 0.1) is 5.92 Å². The number of carbonyl (C=O) groups is 1. The van der Waals surface area contributed by atoms with Crippen molar-refractivity contribution in [3.05, 3.63) is 35.9 Å². The summed E-state index contributed by atoms with van der Waals surface area (Å²) in [6, 6.07) is 5.22. The Labute approximate surface area is 117 Å². The quantitative estimate of drug-likeness (QED) is 0.828. The van der Waals surface area contributed by atoms with Gasteiger partial charge in [-0.15, -0.1) is 0 Å². The van der Waals surface area contributed by atoms with Crippen molar-refractivity contribution in [1.29, 1.82) is 0 Å². The number of benzene rings is 1. The number of rotatable bonds is 2. The molecule has 2 heterocycles. The lowest BCUT2D eigenvalue weighted by Crippen LogP contribution is -2.18. The van der Waals surface area contributed by atoms with E-state index in [1.54, 1.807) is 6.08 Å². The smallest absolute Gasteiger partial charge is 0.184 e. The van der Waals surface area contributed by atoms with Gasteiger partial charge in [0.1, 0.15) is 19.3 Å². The first-order valence-electron chi connectivity index (χ1n) is 7.00. The van der Waals surface area contributed by atoms with Gasteiger partial charge in [-0.2, -0.15) is 0 Å². The highest BCUT2D eigenvalue weighted by Gasteiger charge is 2.31. The molecule has 1 unspecified atom stereocenters. The van der Waals surface area contributed by atoms with Crippen LogP contribution in [0.5, 0.6) is 11.5 Å². The molecule has 102 valence electrons. The average molecular weight is 269 g/mol. The number of allylic oxidation sites excluding steroid dienone is 1. The summed E-state index contributed by atoms with van der Waals surface area (Å²) in [6.07, 6.45) is 5.90. The fraction of sp³-hybridized carbons (Fsp3) is 0.375. The van der Waals surface area contributed by atoms with Crippen molar-refractivity contribution < 1.29 is 14.3 Å². The van der Waals surface area contributed by atoms with Crippen molar-refractivity contribution in [1.82, 2.24) is 0 Å². The van der Waals surface area contributed by atoms with E-state index in [4.69, 9.17) is 9.47 Å². The molecular weight excluding hydrogens is 254 g/mol. The maximum atomic E-state index is 12.1. The van der Waals surface area contributed by atoms with Gasteiger partial charge in [0, 0.05) is 11.6 Å². The number of aliphatic imine (C=N–C) groups is 1. The molecule has 4 heteroatoms. The summed E-state index contributed by atoms with van der Waals surface area (Å²) in [5.74, 6) is 2.04. The highest BCUT2D eigenvalue weighted by Crippen LogP contribution is 2.37. The fourth-order valence-electron chi connectivity index (χ4n) is 2.60. The van der Waals surface area contributed by atoms with Crippen LogP contribution < -0.4 is 9.47 Å². The molecule has 1 fully saturated rings. The number of hydrogen-bond acceptors (Lipinski definition) is 4. The van der Waals surface area contributed by atoms with Gasteiger partial charge in [-0.1, -0.05) is 6.07 Å². The summed E-state index contributed by atoms with van der Waals surface area (Å²) in [4.78, 5) is 16.7. The molecule has 0 bridgehead atoms. The van der Waals surface area contributed by atoms with Crippen molar-refractivity contribution in [2.24, 2.45) is 10.9 Å². The third kappa shape index (κ3) is 2.01. The van der Waals surface area contributed by atoms with Crippen molar-refractivity contribution in [2.45, 2.75) is 18.9 Å². The molecule has 0 aromatic heterocycles. The summed E-state index contributed by atoms with van der Waals surface area (Å²) in [5.41, 5.74) is 1.94. The lowest BCUT2D eigenvalue weighted by molar-refractivity contribution is -0.115. The Kier molecular flexibility index (Phi) is 2.62. The molecule has 4 nitrogen and oxygen atoms in total. The van der Waals surface area contributed by atoms with Gasteiger partial charge >= 0.3 is 0 Å². The Hall–Kier alpha value is -2.10. The standard InChI is InChI=1S/C16H15NO3/c18-13-5-4-12(10-1-2-10)17-16(13)11-3-6-14-15(9-11)20-8-7-19-14/h3-6,9-10,16H,1-2,7-8H2. The number of ether oxygens (including phenoxy) is 2. The molecule has 0 N–H and O–H groups in total. The van der Waals surface area contributed by atoms with E-state index in [0.29, 0.717) is 24.9 Å². The van der Waals surface area contributed by atoms with Crippen molar-refractivity contribution in [3.8, 4) is 11.5 Å². The van der Waals surface area contributed by atoms with Crippen LogP contribution in [-0.4, -0.2) is 24.7 Å². The van der Waals surface area contributed by atoms with E-state index in [9.17, 15) is 4.79 Å². The SMILES string of the molecule is O=C1C=CC(C2CC2)=NC1c1ccc2c(c1)OCCO2. The Morgan fingerprint density at radius 1 is 1.05 bits per heavy atom. The second-order valence-corrected chi connectivity index (χ2v) is 5.37. The van der Waals surface area contributed by atoms with Crippen molar-refractivity contribution in [2.75, 3.05) is 13.2 Å². The first-order chi connectivity index (χ1) is 9.81. The minimum atomic E-state index is -0.425. The van der Waals surface area contributed by atoms with E-state index < -0.39 is 6.04 Å². The van der Waals surface area contributed by atoms with Crippen LogP contribution in [0.3, 0.4) is 0 Å². The first kappa shape index (κ1) is 11.7. The maximum absolute atomic E-state index is 12.1. The minimum absolute atomic E-state index is 0.0334. The Bertz CT molecular complexity index is 629. The summed E-state index contributed by atoms with van der Waals surface area (Å²) in [5, 5.41) is 0. The number of fused-ring (bicyclic) bond motifs is 1. The lowest BCUT2D eigenvalue weighted by atomic mass is 9.98. The van der Waals surface area contributed by atoms with Gasteiger partial charge in [-0.3, -0.25) is 9.79 Å². The van der Waals surface area contributed by atoms with Crippen LogP contribution in [0.1, 0.15) is 24.4 Å². The van der Waals surface area contributed by atoms with E-state index in [0.717, 1.165) is 17.0 Å². The van der Waals surface area contributed by atoms with E-state index in [-0.39, 0.29) is 5.78 Å². The molecule has 0 spiro atoms. The van der Waals surface area contributed by atoms with Gasteiger partial charge < -0.3 is 9.47 Å². The van der Waals surface area contributed by atoms with Crippen LogP contribution >= 0.6 is 0 Å². The van der Waals surface area contributed by atoms with E-state index in [1.807, 2.05) is 24.3 Å². The molecule has 1 aromatic rings. The molecule has 1 atom stereocenters. The van der Waals surface area contributed by atoms with Gasteiger partial charge in [-0.25, -0.2) is 0 Å². The zero-order valence-electron chi connectivity index (χ0n) is 11.0. The predicted octanol–water partition coefficient (Wildman–Crippen LogP) is 2.49. The Balaban J connectivity index is 1.69. The molecule has 3 aliphatic rings. The van der Waals surface area contributed by atoms with Crippen LogP contribution in [0.15, 0.2) is 35.3 Å². The van der Waals surface area contributed by atoms with E-state index in [2.05, 4.69) is 4.99 Å². The number of nitrogens with zero attached hydrogens (tertiary/aromatic N) is 1. The summed E-state index contributed by atoms with van der Waals surface area (Å²) in [6.45, 7) is 1.12. The second-order valence-electron chi connectivity index (χ2n) is 5.37. The Morgan fingerprint density at radius 3 is 2.65 bits per heavy atom. The molecule has 1 aromatic carbocycles. The number of dihydropyridines is 1. The summed E-state index contributed by atoms with van der Waals surface area (Å²) >= 11 is 0. The molecule has 0 amide bonds. The molecule has 4 rings (SSSR count). The zero-order chi connectivity index (χ0) is 13.5. The molecule has 0 saturated heterocycles. The first-order valence-corrected chi connectivity index (χ1v) is 7.00. The molecule has 0 radical (unpaired) electrons. The van der Waals surface area contributed by atoms with E-state index >= 15 is 0 Å². The van der Waals surface area contributed by atoms with Gasteiger partial charge in [0.25, 0.3) is 0 Å². The normalized spacial score (nSPS) is 24.5. The predicted molar refractivity (Wildman–Crippen MR) is 74.5 cm³/mol. The van der Waals surface area contributed by atoms with Crippen LogP contribution in [0.2, 0.25) is 0 Å². The summed E-state index contributed by atoms with van der Waals surface area (Å²) < 4.78 is 11.1. The highest BCUT2D eigenvalue weighted by molar-refractivity contribution is 6.09. The van der Waals surface area contributed by atoms with Gasteiger partial charge in [-0.05, 0) is 42.7 Å². The van der Waals surface area contributed by atoms with E-state index in [1.165, 1.54) is 12.8 Å². The van der Waals surface area contributed by atoms with Gasteiger partial charge in [0.15, 0.2) is 17.3 Å². The molecule has 1 aliphatic carbocycles. The molecule has 20 heavy (non-hydrogen) atoms.